The van der Waals surface area contributed by atoms with Crippen LogP contribution in [-0.2, 0) is 11.3 Å². The van der Waals surface area contributed by atoms with Crippen molar-refractivity contribution in [3.05, 3.63) is 78.1 Å². The Morgan fingerprint density at radius 2 is 1.85 bits per heavy atom. The number of hydrogen-bond acceptors (Lipinski definition) is 4. The Bertz CT molecular complexity index is 901. The van der Waals surface area contributed by atoms with Crippen molar-refractivity contribution in [2.75, 3.05) is 31.6 Å². The normalized spacial score (nSPS) is 14.8. The molecule has 4 rings (SSSR count). The van der Waals surface area contributed by atoms with Crippen LogP contribution in [0.25, 0.3) is 5.69 Å². The second kappa shape index (κ2) is 8.16. The van der Waals surface area contributed by atoms with Crippen molar-refractivity contribution in [2.45, 2.75) is 6.54 Å². The molecule has 1 N–H and O–H groups in total. The van der Waals surface area contributed by atoms with Gasteiger partial charge in [0, 0.05) is 31.5 Å². The van der Waals surface area contributed by atoms with E-state index in [2.05, 4.69) is 21.4 Å². The van der Waals surface area contributed by atoms with Gasteiger partial charge in [-0.1, -0.05) is 30.3 Å². The summed E-state index contributed by atoms with van der Waals surface area (Å²) in [5, 5.41) is 7.32. The van der Waals surface area contributed by atoms with Gasteiger partial charge in [-0.2, -0.15) is 5.10 Å². The third kappa shape index (κ3) is 4.42. The molecule has 2 heterocycles. The minimum atomic E-state index is -0.215. The summed E-state index contributed by atoms with van der Waals surface area (Å²) in [5.41, 5.74) is 3.26. The minimum Gasteiger partial charge on any atom is -0.379 e. The number of para-hydroxylation sites is 1. The summed E-state index contributed by atoms with van der Waals surface area (Å²) in [6.45, 7) is 4.29. The lowest BCUT2D eigenvalue weighted by Crippen LogP contribution is -2.35. The van der Waals surface area contributed by atoms with Gasteiger partial charge in [0.2, 0.25) is 0 Å². The summed E-state index contributed by atoms with van der Waals surface area (Å²) in [6, 6.07) is 19.4. The molecule has 0 atom stereocenters. The molecule has 138 valence electrons. The lowest BCUT2D eigenvalue weighted by molar-refractivity contribution is 0.0342. The molecule has 6 nitrogen and oxygen atoms in total. The van der Waals surface area contributed by atoms with Crippen LogP contribution in [-0.4, -0.2) is 46.9 Å². The summed E-state index contributed by atoms with van der Waals surface area (Å²) < 4.78 is 7.09. The topological polar surface area (TPSA) is 59.4 Å². The van der Waals surface area contributed by atoms with Gasteiger partial charge in [0.05, 0.1) is 18.9 Å². The number of carbonyl (C=O) groups is 1. The second-order valence-electron chi connectivity index (χ2n) is 6.52. The lowest BCUT2D eigenvalue weighted by atomic mass is 10.2. The molecule has 3 aromatic rings. The highest BCUT2D eigenvalue weighted by molar-refractivity contribution is 6.02. The maximum Gasteiger partial charge on any atom is 0.276 e. The highest BCUT2D eigenvalue weighted by atomic mass is 16.5. The first-order chi connectivity index (χ1) is 13.3. The SMILES string of the molecule is O=C(Nc1cccc(CN2CCOCC2)c1)c1ccn(-c2ccccc2)n1. The second-order valence-corrected chi connectivity index (χ2v) is 6.52. The van der Waals surface area contributed by atoms with Crippen molar-refractivity contribution in [1.82, 2.24) is 14.7 Å². The van der Waals surface area contributed by atoms with Crippen LogP contribution in [0.2, 0.25) is 0 Å². The first-order valence-corrected chi connectivity index (χ1v) is 9.09. The molecule has 0 saturated carbocycles. The molecule has 0 spiro atoms. The maximum absolute atomic E-state index is 12.5. The Kier molecular flexibility index (Phi) is 5.27. The molecule has 1 aliphatic heterocycles. The van der Waals surface area contributed by atoms with E-state index in [1.807, 2.05) is 48.5 Å². The molecule has 1 aromatic heterocycles. The van der Waals surface area contributed by atoms with Gasteiger partial charge in [0.15, 0.2) is 5.69 Å². The average Bonchev–Trinajstić information content (AvgIpc) is 3.20. The average molecular weight is 362 g/mol. The minimum absolute atomic E-state index is 0.215. The molecule has 6 heteroatoms. The van der Waals surface area contributed by atoms with Crippen LogP contribution in [0.1, 0.15) is 16.1 Å². The predicted molar refractivity (Wildman–Crippen MR) is 104 cm³/mol. The first kappa shape index (κ1) is 17.5. The van der Waals surface area contributed by atoms with Gasteiger partial charge in [-0.15, -0.1) is 0 Å². The molecule has 27 heavy (non-hydrogen) atoms. The lowest BCUT2D eigenvalue weighted by Gasteiger charge is -2.26. The number of aromatic nitrogens is 2. The smallest absolute Gasteiger partial charge is 0.276 e. The van der Waals surface area contributed by atoms with Crippen LogP contribution >= 0.6 is 0 Å². The van der Waals surface area contributed by atoms with Crippen LogP contribution in [0.15, 0.2) is 66.9 Å². The van der Waals surface area contributed by atoms with E-state index in [0.717, 1.165) is 44.2 Å². The summed E-state index contributed by atoms with van der Waals surface area (Å²) >= 11 is 0. The van der Waals surface area contributed by atoms with E-state index in [0.29, 0.717) is 5.69 Å². The Morgan fingerprint density at radius 1 is 1.04 bits per heavy atom. The Balaban J connectivity index is 1.42. The van der Waals surface area contributed by atoms with Crippen molar-refractivity contribution in [3.8, 4) is 5.69 Å². The van der Waals surface area contributed by atoms with Gasteiger partial charge in [0.1, 0.15) is 0 Å². The molecule has 1 amide bonds. The van der Waals surface area contributed by atoms with Crippen molar-refractivity contribution in [1.29, 1.82) is 0 Å². The summed E-state index contributed by atoms with van der Waals surface area (Å²) in [6.07, 6.45) is 1.79. The van der Waals surface area contributed by atoms with E-state index in [1.54, 1.807) is 16.9 Å². The fourth-order valence-electron chi connectivity index (χ4n) is 3.13. The number of rotatable bonds is 5. The fraction of sp³-hybridized carbons (Fsp3) is 0.238. The van der Waals surface area contributed by atoms with Crippen molar-refractivity contribution < 1.29 is 9.53 Å². The van der Waals surface area contributed by atoms with E-state index >= 15 is 0 Å². The zero-order valence-corrected chi connectivity index (χ0v) is 15.0. The summed E-state index contributed by atoms with van der Waals surface area (Å²) in [5.74, 6) is -0.215. The van der Waals surface area contributed by atoms with Gasteiger partial charge in [-0.25, -0.2) is 4.68 Å². The molecule has 0 radical (unpaired) electrons. The van der Waals surface area contributed by atoms with E-state index in [9.17, 15) is 4.79 Å². The largest absolute Gasteiger partial charge is 0.379 e. The number of hydrogen-bond donors (Lipinski definition) is 1. The molecule has 0 unspecified atom stereocenters. The van der Waals surface area contributed by atoms with Gasteiger partial charge in [-0.05, 0) is 35.9 Å². The number of nitrogens with one attached hydrogen (secondary N) is 1. The Labute approximate surface area is 158 Å². The van der Waals surface area contributed by atoms with Gasteiger partial charge in [-0.3, -0.25) is 9.69 Å². The monoisotopic (exact) mass is 362 g/mol. The Morgan fingerprint density at radius 3 is 2.67 bits per heavy atom. The third-order valence-electron chi connectivity index (χ3n) is 4.54. The van der Waals surface area contributed by atoms with Gasteiger partial charge < -0.3 is 10.1 Å². The number of nitrogens with zero attached hydrogens (tertiary/aromatic N) is 3. The standard InChI is InChI=1S/C21H22N4O2/c26-21(20-9-10-25(23-20)19-7-2-1-3-8-19)22-18-6-4-5-17(15-18)16-24-11-13-27-14-12-24/h1-10,15H,11-14,16H2,(H,22,26). The Hall–Kier alpha value is -2.96. The molecule has 2 aromatic carbocycles. The summed E-state index contributed by atoms with van der Waals surface area (Å²) in [4.78, 5) is 14.9. The van der Waals surface area contributed by atoms with Crippen LogP contribution in [0, 0.1) is 0 Å². The molecule has 1 saturated heterocycles. The van der Waals surface area contributed by atoms with Gasteiger partial charge >= 0.3 is 0 Å². The number of benzene rings is 2. The van der Waals surface area contributed by atoms with E-state index in [4.69, 9.17) is 4.74 Å². The number of ether oxygens (including phenoxy) is 1. The number of morpholine rings is 1. The zero-order chi connectivity index (χ0) is 18.5. The highest BCUT2D eigenvalue weighted by Gasteiger charge is 2.13. The van der Waals surface area contributed by atoms with E-state index < -0.39 is 0 Å². The quantitative estimate of drug-likeness (QED) is 0.758. The van der Waals surface area contributed by atoms with E-state index in [1.165, 1.54) is 5.56 Å². The van der Waals surface area contributed by atoms with Gasteiger partial charge in [0.25, 0.3) is 5.91 Å². The number of amides is 1. The molecular weight excluding hydrogens is 340 g/mol. The summed E-state index contributed by atoms with van der Waals surface area (Å²) in [7, 11) is 0. The van der Waals surface area contributed by atoms with Crippen LogP contribution in [0.4, 0.5) is 5.69 Å². The van der Waals surface area contributed by atoms with Crippen LogP contribution in [0.3, 0.4) is 0 Å². The molecule has 1 aliphatic rings. The highest BCUT2D eigenvalue weighted by Crippen LogP contribution is 2.15. The molecule has 0 bridgehead atoms. The molecule has 1 fully saturated rings. The number of anilines is 1. The first-order valence-electron chi connectivity index (χ1n) is 9.09. The van der Waals surface area contributed by atoms with Crippen molar-refractivity contribution in [2.24, 2.45) is 0 Å². The maximum atomic E-state index is 12.5. The third-order valence-corrected chi connectivity index (χ3v) is 4.54. The fourth-order valence-corrected chi connectivity index (χ4v) is 3.13. The molecular formula is C21H22N4O2. The zero-order valence-electron chi connectivity index (χ0n) is 15.0. The van der Waals surface area contributed by atoms with E-state index in [-0.39, 0.29) is 5.91 Å². The van der Waals surface area contributed by atoms with Crippen molar-refractivity contribution >= 4 is 11.6 Å². The van der Waals surface area contributed by atoms with Crippen molar-refractivity contribution in [3.63, 3.8) is 0 Å². The van der Waals surface area contributed by atoms with Crippen LogP contribution < -0.4 is 5.32 Å². The van der Waals surface area contributed by atoms with Crippen LogP contribution in [0.5, 0.6) is 0 Å². The predicted octanol–water partition coefficient (Wildman–Crippen LogP) is 2.96. The molecule has 0 aliphatic carbocycles. The number of carbonyl (C=O) groups excluding carboxylic acids is 1.